The predicted octanol–water partition coefficient (Wildman–Crippen LogP) is 8.85. The summed E-state index contributed by atoms with van der Waals surface area (Å²) in [5, 5.41) is 0. The van der Waals surface area contributed by atoms with E-state index >= 15 is 0 Å². The first kappa shape index (κ1) is 28.2. The first-order valence-corrected chi connectivity index (χ1v) is 13.4. The maximum Gasteiger partial charge on any atom is 0.159 e. The van der Waals surface area contributed by atoms with Gasteiger partial charge in [0.25, 0.3) is 0 Å². The van der Waals surface area contributed by atoms with Crippen LogP contribution in [0.3, 0.4) is 0 Å². The molecule has 1 aromatic heterocycles. The first-order valence-electron chi connectivity index (χ1n) is 13.4. The summed E-state index contributed by atoms with van der Waals surface area (Å²) in [5.41, 5.74) is 2.10. The number of nitrogens with zero attached hydrogens (tertiary/aromatic N) is 2. The number of benzene rings is 1. The number of rotatable bonds is 19. The van der Waals surface area contributed by atoms with Crippen LogP contribution in [-0.4, -0.2) is 28.9 Å². The Balaban J connectivity index is 1.66. The Morgan fingerprint density at radius 1 is 0.735 bits per heavy atom. The minimum atomic E-state index is -1.16. The van der Waals surface area contributed by atoms with Crippen molar-refractivity contribution in [2.75, 3.05) is 6.61 Å². The molecule has 2 rings (SSSR count). The van der Waals surface area contributed by atoms with Crippen LogP contribution in [0.4, 0.5) is 8.78 Å². The molecule has 0 radical (unpaired) electrons. The molecule has 190 valence electrons. The lowest BCUT2D eigenvalue weighted by atomic mass is 10.1. The van der Waals surface area contributed by atoms with E-state index in [0.717, 1.165) is 31.2 Å². The maximum atomic E-state index is 14.0. The van der Waals surface area contributed by atoms with E-state index < -0.39 is 12.3 Å². The number of unbranched alkanes of at least 4 members (excludes halogenated alkanes) is 8. The van der Waals surface area contributed by atoms with Gasteiger partial charge in [0.2, 0.25) is 0 Å². The Kier molecular flexibility index (Phi) is 14.4. The van der Waals surface area contributed by atoms with Gasteiger partial charge in [0.15, 0.2) is 5.82 Å². The summed E-state index contributed by atoms with van der Waals surface area (Å²) in [4.78, 5) is 9.04. The van der Waals surface area contributed by atoms with Crippen LogP contribution in [0.15, 0.2) is 36.7 Å². The molecule has 0 N–H and O–H groups in total. The molecule has 1 aromatic carbocycles. The van der Waals surface area contributed by atoms with Gasteiger partial charge >= 0.3 is 0 Å². The van der Waals surface area contributed by atoms with Crippen molar-refractivity contribution in [3.63, 3.8) is 0 Å². The highest BCUT2D eigenvalue weighted by Crippen LogP contribution is 2.21. The van der Waals surface area contributed by atoms with Gasteiger partial charge in [-0.3, -0.25) is 0 Å². The van der Waals surface area contributed by atoms with Crippen LogP contribution in [0.1, 0.15) is 103 Å². The van der Waals surface area contributed by atoms with E-state index in [9.17, 15) is 8.78 Å². The Morgan fingerprint density at radius 2 is 1.32 bits per heavy atom. The number of alkyl halides is 2. The van der Waals surface area contributed by atoms with Gasteiger partial charge < -0.3 is 4.74 Å². The highest BCUT2D eigenvalue weighted by Gasteiger charge is 2.15. The minimum absolute atomic E-state index is 0.0295. The lowest BCUT2D eigenvalue weighted by Crippen LogP contribution is -2.14. The van der Waals surface area contributed by atoms with Crippen molar-refractivity contribution >= 4 is 0 Å². The third-order valence-corrected chi connectivity index (χ3v) is 6.22. The molecular weight excluding hydrogens is 430 g/mol. The molecular formula is C29H44F2N2O. The molecule has 1 heterocycles. The molecule has 0 amide bonds. The van der Waals surface area contributed by atoms with Crippen LogP contribution in [0, 0.1) is 0 Å². The van der Waals surface area contributed by atoms with Crippen LogP contribution in [0.2, 0.25) is 0 Å². The summed E-state index contributed by atoms with van der Waals surface area (Å²) in [6.07, 6.45) is 15.3. The zero-order chi connectivity index (χ0) is 24.4. The fourth-order valence-corrected chi connectivity index (χ4v) is 4.05. The Hall–Kier alpha value is -2.04. The second kappa shape index (κ2) is 17.4. The van der Waals surface area contributed by atoms with Gasteiger partial charge in [-0.2, -0.15) is 0 Å². The smallest absolute Gasteiger partial charge is 0.159 e. The van der Waals surface area contributed by atoms with Gasteiger partial charge in [0.05, 0.1) is 6.61 Å². The highest BCUT2D eigenvalue weighted by molar-refractivity contribution is 5.55. The second-order valence-corrected chi connectivity index (χ2v) is 9.37. The van der Waals surface area contributed by atoms with Crippen molar-refractivity contribution in [3.8, 4) is 17.1 Å². The number of halogens is 2. The minimum Gasteiger partial charge on any atom is -0.493 e. The van der Waals surface area contributed by atoms with E-state index in [1.165, 1.54) is 50.5 Å². The van der Waals surface area contributed by atoms with Crippen molar-refractivity contribution in [2.45, 2.75) is 116 Å². The lowest BCUT2D eigenvalue weighted by molar-refractivity contribution is 0.175. The maximum absolute atomic E-state index is 14.0. The summed E-state index contributed by atoms with van der Waals surface area (Å²) in [6.45, 7) is 4.57. The van der Waals surface area contributed by atoms with Crippen LogP contribution in [-0.2, 0) is 6.42 Å². The molecule has 34 heavy (non-hydrogen) atoms. The van der Waals surface area contributed by atoms with E-state index in [0.29, 0.717) is 18.0 Å². The van der Waals surface area contributed by atoms with E-state index in [-0.39, 0.29) is 19.4 Å². The number of aromatic nitrogens is 2. The standard InChI is InChI=1S/C29H44F2N2O/c1-3-5-7-8-9-10-12-13-24-22-32-29(33-23-24)25-15-17-28(18-16-25)34-20-19-27(31)21-26(30)14-11-6-4-2/h15-18,22-23,26-27H,3-14,19-21H2,1-2H3. The highest BCUT2D eigenvalue weighted by atomic mass is 19.1. The van der Waals surface area contributed by atoms with Crippen molar-refractivity contribution < 1.29 is 13.5 Å². The molecule has 0 aliphatic rings. The summed E-state index contributed by atoms with van der Waals surface area (Å²) >= 11 is 0. The molecule has 0 fully saturated rings. The van der Waals surface area contributed by atoms with E-state index in [4.69, 9.17) is 4.74 Å². The molecule has 0 aliphatic heterocycles. The number of aryl methyl sites for hydroxylation is 1. The fourth-order valence-electron chi connectivity index (χ4n) is 4.05. The largest absolute Gasteiger partial charge is 0.493 e. The Bertz CT molecular complexity index is 752. The molecule has 0 saturated carbocycles. The van der Waals surface area contributed by atoms with Gasteiger partial charge in [-0.25, -0.2) is 18.7 Å². The van der Waals surface area contributed by atoms with E-state index in [1.54, 1.807) is 0 Å². The molecule has 0 saturated heterocycles. The van der Waals surface area contributed by atoms with Gasteiger partial charge in [-0.05, 0) is 49.1 Å². The summed E-state index contributed by atoms with van der Waals surface area (Å²) < 4.78 is 33.5. The normalized spacial score (nSPS) is 13.1. The molecule has 5 heteroatoms. The average Bonchev–Trinajstić information content (AvgIpc) is 2.84. The first-order chi connectivity index (χ1) is 16.6. The second-order valence-electron chi connectivity index (χ2n) is 9.37. The zero-order valence-electron chi connectivity index (χ0n) is 21.3. The fraction of sp³-hybridized carbons (Fsp3) is 0.655. The van der Waals surface area contributed by atoms with Crippen LogP contribution in [0.5, 0.6) is 5.75 Å². The summed E-state index contributed by atoms with van der Waals surface area (Å²) in [5.74, 6) is 1.36. The van der Waals surface area contributed by atoms with Crippen LogP contribution in [0.25, 0.3) is 11.4 Å². The zero-order valence-corrected chi connectivity index (χ0v) is 21.3. The van der Waals surface area contributed by atoms with Gasteiger partial charge in [-0.1, -0.05) is 71.6 Å². The van der Waals surface area contributed by atoms with Crippen molar-refractivity contribution in [3.05, 3.63) is 42.2 Å². The Labute approximate surface area is 205 Å². The van der Waals surface area contributed by atoms with E-state index in [1.807, 2.05) is 36.7 Å². The third kappa shape index (κ3) is 11.9. The molecule has 0 spiro atoms. The number of ether oxygens (including phenoxy) is 1. The van der Waals surface area contributed by atoms with Crippen molar-refractivity contribution in [1.82, 2.24) is 9.97 Å². The van der Waals surface area contributed by atoms with Crippen molar-refractivity contribution in [2.24, 2.45) is 0 Å². The molecule has 2 aromatic rings. The average molecular weight is 475 g/mol. The van der Waals surface area contributed by atoms with Gasteiger partial charge in [-0.15, -0.1) is 0 Å². The molecule has 0 aliphatic carbocycles. The third-order valence-electron chi connectivity index (χ3n) is 6.22. The monoisotopic (exact) mass is 474 g/mol. The van der Waals surface area contributed by atoms with Crippen molar-refractivity contribution in [1.29, 1.82) is 0 Å². The van der Waals surface area contributed by atoms with Crippen LogP contribution >= 0.6 is 0 Å². The van der Waals surface area contributed by atoms with Crippen LogP contribution < -0.4 is 4.74 Å². The topological polar surface area (TPSA) is 35.0 Å². The van der Waals surface area contributed by atoms with E-state index in [2.05, 4.69) is 23.8 Å². The Morgan fingerprint density at radius 3 is 2.00 bits per heavy atom. The SMILES string of the molecule is CCCCCCCCCc1cnc(-c2ccc(OCCC(F)CC(F)CCCCC)cc2)nc1. The molecule has 0 bridgehead atoms. The molecule has 2 atom stereocenters. The summed E-state index contributed by atoms with van der Waals surface area (Å²) in [6, 6.07) is 7.53. The summed E-state index contributed by atoms with van der Waals surface area (Å²) in [7, 11) is 0. The number of hydrogen-bond acceptors (Lipinski definition) is 3. The molecule has 2 unspecified atom stereocenters. The van der Waals surface area contributed by atoms with Gasteiger partial charge in [0, 0.05) is 30.8 Å². The van der Waals surface area contributed by atoms with Gasteiger partial charge in [0.1, 0.15) is 18.1 Å². The predicted molar refractivity (Wildman–Crippen MR) is 138 cm³/mol. The quantitative estimate of drug-likeness (QED) is 0.191. The number of hydrogen-bond donors (Lipinski definition) is 0. The molecule has 3 nitrogen and oxygen atoms in total. The lowest BCUT2D eigenvalue weighted by Gasteiger charge is -2.13.